The lowest BCUT2D eigenvalue weighted by Gasteiger charge is -2.14. The fourth-order valence-corrected chi connectivity index (χ4v) is 3.00. The summed E-state index contributed by atoms with van der Waals surface area (Å²) in [5.74, 6) is -1.33. The molecule has 0 aromatic heterocycles. The van der Waals surface area contributed by atoms with E-state index in [2.05, 4.69) is 5.32 Å². The predicted molar refractivity (Wildman–Crippen MR) is 120 cm³/mol. The van der Waals surface area contributed by atoms with Crippen molar-refractivity contribution in [1.29, 1.82) is 0 Å². The molecule has 0 saturated carbocycles. The van der Waals surface area contributed by atoms with E-state index in [9.17, 15) is 35.5 Å². The van der Waals surface area contributed by atoms with E-state index < -0.39 is 35.2 Å². The number of allylic oxidation sites excluding steroid dienone is 3. The van der Waals surface area contributed by atoms with Crippen LogP contribution in [0.3, 0.4) is 0 Å². The van der Waals surface area contributed by atoms with Crippen LogP contribution in [0.1, 0.15) is 69.6 Å². The van der Waals surface area contributed by atoms with Crippen molar-refractivity contribution < 1.29 is 40.3 Å². The standard InChI is InChI=1S/C25H32F7NO2/c1-17(2)15-33-23(34)22(26)18(3)10-8-6-4-5-7-9-11-35-16-19-12-20(24(27,28)29)14-21(13-19)25(30,31)32/h8,10,12-14,17H,4-7,9,11,15-16H2,1-3H3,(H,33,34)/b10-8+,22-18+. The lowest BCUT2D eigenvalue weighted by molar-refractivity contribution is -0.143. The van der Waals surface area contributed by atoms with E-state index in [1.165, 1.54) is 6.92 Å². The minimum Gasteiger partial charge on any atom is -0.377 e. The summed E-state index contributed by atoms with van der Waals surface area (Å²) >= 11 is 0. The van der Waals surface area contributed by atoms with Crippen LogP contribution in [0.5, 0.6) is 0 Å². The van der Waals surface area contributed by atoms with Gasteiger partial charge in [0.15, 0.2) is 5.83 Å². The van der Waals surface area contributed by atoms with Gasteiger partial charge < -0.3 is 10.1 Å². The van der Waals surface area contributed by atoms with Crippen LogP contribution in [-0.4, -0.2) is 19.1 Å². The molecule has 1 rings (SSSR count). The quantitative estimate of drug-likeness (QED) is 0.127. The van der Waals surface area contributed by atoms with Gasteiger partial charge in [0.2, 0.25) is 0 Å². The average Bonchev–Trinajstić information content (AvgIpc) is 2.76. The third-order valence-corrected chi connectivity index (χ3v) is 4.91. The second kappa shape index (κ2) is 14.3. The molecule has 0 radical (unpaired) electrons. The lowest BCUT2D eigenvalue weighted by atomic mass is 10.1. The van der Waals surface area contributed by atoms with Crippen molar-refractivity contribution in [3.05, 3.63) is 58.4 Å². The zero-order valence-electron chi connectivity index (χ0n) is 20.1. The third-order valence-electron chi connectivity index (χ3n) is 4.91. The third kappa shape index (κ3) is 12.2. The van der Waals surface area contributed by atoms with E-state index in [1.54, 1.807) is 12.2 Å². The molecule has 0 fully saturated rings. The van der Waals surface area contributed by atoms with Gasteiger partial charge in [0, 0.05) is 13.2 Å². The van der Waals surface area contributed by atoms with E-state index >= 15 is 0 Å². The molecule has 0 aliphatic carbocycles. The number of hydrogen-bond acceptors (Lipinski definition) is 2. The molecule has 35 heavy (non-hydrogen) atoms. The molecule has 1 aromatic carbocycles. The molecule has 0 unspecified atom stereocenters. The number of benzene rings is 1. The van der Waals surface area contributed by atoms with Gasteiger partial charge in [-0.05, 0) is 61.4 Å². The number of carbonyl (C=O) groups excluding carboxylic acids is 1. The summed E-state index contributed by atoms with van der Waals surface area (Å²) in [6.07, 6.45) is -2.81. The van der Waals surface area contributed by atoms with Gasteiger partial charge in [-0.1, -0.05) is 38.8 Å². The zero-order chi connectivity index (χ0) is 26.6. The van der Waals surface area contributed by atoms with Crippen LogP contribution in [-0.2, 0) is 28.5 Å². The molecule has 1 aromatic rings. The Hall–Kier alpha value is -2.36. The summed E-state index contributed by atoms with van der Waals surface area (Å²) in [6.45, 7) is 5.57. The Bertz CT molecular complexity index is 839. The molecule has 0 atom stereocenters. The minimum absolute atomic E-state index is 0.0885. The van der Waals surface area contributed by atoms with E-state index in [1.807, 2.05) is 13.8 Å². The molecule has 10 heteroatoms. The lowest BCUT2D eigenvalue weighted by Crippen LogP contribution is -2.27. The van der Waals surface area contributed by atoms with Gasteiger partial charge in [0.25, 0.3) is 5.91 Å². The smallest absolute Gasteiger partial charge is 0.377 e. The monoisotopic (exact) mass is 511 g/mol. The van der Waals surface area contributed by atoms with E-state index in [-0.39, 0.29) is 36.3 Å². The van der Waals surface area contributed by atoms with Crippen molar-refractivity contribution in [2.45, 2.75) is 71.8 Å². The van der Waals surface area contributed by atoms with Crippen molar-refractivity contribution in [2.75, 3.05) is 13.2 Å². The topological polar surface area (TPSA) is 38.3 Å². The first-order chi connectivity index (χ1) is 16.2. The Morgan fingerprint density at radius 1 is 0.971 bits per heavy atom. The minimum atomic E-state index is -4.88. The van der Waals surface area contributed by atoms with Gasteiger partial charge in [-0.2, -0.15) is 26.3 Å². The summed E-state index contributed by atoms with van der Waals surface area (Å²) in [5.41, 5.74) is -2.67. The second-order valence-electron chi connectivity index (χ2n) is 8.67. The maximum Gasteiger partial charge on any atom is 0.416 e. The summed E-state index contributed by atoms with van der Waals surface area (Å²) in [7, 11) is 0. The number of halogens is 7. The van der Waals surface area contributed by atoms with Gasteiger partial charge >= 0.3 is 12.4 Å². The Labute approximate surface area is 201 Å². The van der Waals surface area contributed by atoms with Gasteiger partial charge in [-0.15, -0.1) is 0 Å². The van der Waals surface area contributed by atoms with Crippen molar-refractivity contribution >= 4 is 5.91 Å². The normalized spacial score (nSPS) is 13.5. The summed E-state index contributed by atoms with van der Waals surface area (Å²) < 4.78 is 96.5. The molecular weight excluding hydrogens is 479 g/mol. The molecule has 0 aliphatic rings. The molecule has 3 nitrogen and oxygen atoms in total. The van der Waals surface area contributed by atoms with Crippen molar-refractivity contribution in [3.63, 3.8) is 0 Å². The van der Waals surface area contributed by atoms with Crippen molar-refractivity contribution in [1.82, 2.24) is 5.32 Å². The van der Waals surface area contributed by atoms with Crippen LogP contribution < -0.4 is 5.32 Å². The number of hydrogen-bond donors (Lipinski definition) is 1. The summed E-state index contributed by atoms with van der Waals surface area (Å²) in [5, 5.41) is 2.51. The van der Waals surface area contributed by atoms with Crippen molar-refractivity contribution in [2.24, 2.45) is 5.92 Å². The molecule has 0 spiro atoms. The van der Waals surface area contributed by atoms with Gasteiger partial charge in [0.05, 0.1) is 17.7 Å². The number of alkyl halides is 6. The first kappa shape index (κ1) is 30.7. The molecule has 1 N–H and O–H groups in total. The number of rotatable bonds is 13. The van der Waals surface area contributed by atoms with Crippen LogP contribution in [0.25, 0.3) is 0 Å². The van der Waals surface area contributed by atoms with Crippen LogP contribution in [0.2, 0.25) is 0 Å². The molecule has 0 aliphatic heterocycles. The summed E-state index contributed by atoms with van der Waals surface area (Å²) in [6, 6.07) is 1.41. The number of unbranched alkanes of at least 4 members (excludes halogenated alkanes) is 4. The highest BCUT2D eigenvalue weighted by atomic mass is 19.4. The van der Waals surface area contributed by atoms with Gasteiger partial charge in [0.1, 0.15) is 0 Å². The Balaban J connectivity index is 2.35. The Morgan fingerprint density at radius 2 is 1.54 bits per heavy atom. The van der Waals surface area contributed by atoms with E-state index in [0.717, 1.165) is 19.3 Å². The highest BCUT2D eigenvalue weighted by Gasteiger charge is 2.36. The number of carbonyl (C=O) groups is 1. The van der Waals surface area contributed by atoms with E-state index in [0.29, 0.717) is 31.5 Å². The molecule has 1 amide bonds. The molecule has 0 heterocycles. The van der Waals surface area contributed by atoms with Crippen LogP contribution in [0.4, 0.5) is 30.7 Å². The molecule has 198 valence electrons. The SMILES string of the molecule is CC(/C=C/CCCCCCOCc1cc(C(F)(F)F)cc(C(F)(F)F)c1)=C(\F)C(=O)NCC(C)C. The van der Waals surface area contributed by atoms with Gasteiger partial charge in [-0.3, -0.25) is 4.79 Å². The maximum atomic E-state index is 14.0. The zero-order valence-corrected chi connectivity index (χ0v) is 20.1. The molecular formula is C25H32F7NO2. The number of ether oxygens (including phenoxy) is 1. The fraction of sp³-hybridized carbons (Fsp3) is 0.560. The highest BCUT2D eigenvalue weighted by molar-refractivity contribution is 5.92. The Morgan fingerprint density at radius 3 is 2.09 bits per heavy atom. The second-order valence-corrected chi connectivity index (χ2v) is 8.67. The average molecular weight is 512 g/mol. The predicted octanol–water partition coefficient (Wildman–Crippen LogP) is 7.76. The largest absolute Gasteiger partial charge is 0.416 e. The fourth-order valence-electron chi connectivity index (χ4n) is 3.00. The first-order valence-electron chi connectivity index (χ1n) is 11.4. The molecule has 0 bridgehead atoms. The summed E-state index contributed by atoms with van der Waals surface area (Å²) in [4.78, 5) is 11.7. The van der Waals surface area contributed by atoms with Crippen molar-refractivity contribution in [3.8, 4) is 0 Å². The van der Waals surface area contributed by atoms with E-state index in [4.69, 9.17) is 4.74 Å². The van der Waals surface area contributed by atoms with Crippen LogP contribution >= 0.6 is 0 Å². The van der Waals surface area contributed by atoms with Crippen LogP contribution in [0, 0.1) is 5.92 Å². The number of nitrogens with one attached hydrogen (secondary N) is 1. The highest BCUT2D eigenvalue weighted by Crippen LogP contribution is 2.36. The number of amides is 1. The first-order valence-corrected chi connectivity index (χ1v) is 11.4. The molecule has 0 saturated heterocycles. The maximum absolute atomic E-state index is 14.0. The van der Waals surface area contributed by atoms with Crippen LogP contribution in [0.15, 0.2) is 41.8 Å². The Kier molecular flexibility index (Phi) is 12.5. The van der Waals surface area contributed by atoms with Gasteiger partial charge in [-0.25, -0.2) is 4.39 Å².